The molecule has 0 radical (unpaired) electrons. The quantitative estimate of drug-likeness (QED) is 0.599. The highest BCUT2D eigenvalue weighted by atomic mass is 15.1. The van der Waals surface area contributed by atoms with Gasteiger partial charge in [0.15, 0.2) is 0 Å². The lowest BCUT2D eigenvalue weighted by Crippen LogP contribution is -2.42. The molecule has 0 aromatic rings. The average molecular weight is 256 g/mol. The van der Waals surface area contributed by atoms with Gasteiger partial charge in [0.05, 0.1) is 0 Å². The van der Waals surface area contributed by atoms with Crippen LogP contribution >= 0.6 is 0 Å². The molecular formula is C16H36N2. The summed E-state index contributed by atoms with van der Waals surface area (Å²) in [6.07, 6.45) is 3.95. The largest absolute Gasteiger partial charge is 0.317 e. The highest BCUT2D eigenvalue weighted by molar-refractivity contribution is 4.78. The van der Waals surface area contributed by atoms with Crippen LogP contribution in [0, 0.1) is 11.8 Å². The molecule has 0 bridgehead atoms. The predicted molar refractivity (Wildman–Crippen MR) is 83.1 cm³/mol. The molecule has 0 saturated heterocycles. The summed E-state index contributed by atoms with van der Waals surface area (Å²) in [5.74, 6) is 1.64. The minimum atomic E-state index is 0.642. The van der Waals surface area contributed by atoms with Crippen molar-refractivity contribution in [1.29, 1.82) is 0 Å². The van der Waals surface area contributed by atoms with Crippen molar-refractivity contribution in [3.05, 3.63) is 0 Å². The van der Waals surface area contributed by atoms with Gasteiger partial charge in [-0.2, -0.15) is 0 Å². The Balaban J connectivity index is 4.20. The molecule has 0 aromatic heterocycles. The van der Waals surface area contributed by atoms with Crippen molar-refractivity contribution in [3.63, 3.8) is 0 Å². The second-order valence-electron chi connectivity index (χ2n) is 6.04. The van der Waals surface area contributed by atoms with E-state index in [1.807, 2.05) is 0 Å². The van der Waals surface area contributed by atoms with E-state index in [1.165, 1.54) is 25.8 Å². The second-order valence-corrected chi connectivity index (χ2v) is 6.04. The van der Waals surface area contributed by atoms with E-state index in [0.29, 0.717) is 12.1 Å². The fraction of sp³-hybridized carbons (Fsp3) is 1.00. The Morgan fingerprint density at radius 1 is 1.06 bits per heavy atom. The van der Waals surface area contributed by atoms with Crippen LogP contribution < -0.4 is 5.32 Å². The summed E-state index contributed by atoms with van der Waals surface area (Å²) in [5, 5.41) is 3.42. The Bertz CT molecular complexity index is 192. The zero-order valence-electron chi connectivity index (χ0n) is 13.8. The monoisotopic (exact) mass is 256 g/mol. The van der Waals surface area contributed by atoms with Crippen LogP contribution in [-0.2, 0) is 0 Å². The zero-order valence-corrected chi connectivity index (χ0v) is 13.8. The maximum Gasteiger partial charge on any atom is 0.00972 e. The van der Waals surface area contributed by atoms with E-state index in [1.54, 1.807) is 0 Å². The molecule has 0 saturated carbocycles. The van der Waals surface area contributed by atoms with Gasteiger partial charge in [-0.05, 0) is 65.6 Å². The third-order valence-corrected chi connectivity index (χ3v) is 4.54. The first kappa shape index (κ1) is 17.9. The summed E-state index contributed by atoms with van der Waals surface area (Å²) in [6.45, 7) is 16.2. The van der Waals surface area contributed by atoms with E-state index < -0.39 is 0 Å². The van der Waals surface area contributed by atoms with Gasteiger partial charge in [-0.1, -0.05) is 27.2 Å². The summed E-state index contributed by atoms with van der Waals surface area (Å²) in [5.41, 5.74) is 0. The summed E-state index contributed by atoms with van der Waals surface area (Å²) in [6, 6.07) is 1.33. The summed E-state index contributed by atoms with van der Waals surface area (Å²) in [4.78, 5) is 2.52. The average Bonchev–Trinajstić information content (AvgIpc) is 2.34. The molecule has 110 valence electrons. The van der Waals surface area contributed by atoms with E-state index in [0.717, 1.165) is 18.4 Å². The minimum absolute atomic E-state index is 0.642. The van der Waals surface area contributed by atoms with Crippen LogP contribution in [0.1, 0.15) is 60.8 Å². The van der Waals surface area contributed by atoms with Crippen molar-refractivity contribution in [2.45, 2.75) is 72.9 Å². The molecule has 3 atom stereocenters. The third kappa shape index (κ3) is 6.19. The molecule has 0 rings (SSSR count). The molecule has 0 aliphatic carbocycles. The fourth-order valence-electron chi connectivity index (χ4n) is 2.93. The molecule has 18 heavy (non-hydrogen) atoms. The van der Waals surface area contributed by atoms with Crippen molar-refractivity contribution in [2.24, 2.45) is 11.8 Å². The van der Waals surface area contributed by atoms with Crippen LogP contribution in [0.3, 0.4) is 0 Å². The molecule has 2 heteroatoms. The van der Waals surface area contributed by atoms with Gasteiger partial charge >= 0.3 is 0 Å². The van der Waals surface area contributed by atoms with Crippen molar-refractivity contribution in [1.82, 2.24) is 10.2 Å². The second kappa shape index (κ2) is 9.80. The predicted octanol–water partition coefficient (Wildman–Crippen LogP) is 3.77. The summed E-state index contributed by atoms with van der Waals surface area (Å²) >= 11 is 0. The summed E-state index contributed by atoms with van der Waals surface area (Å²) < 4.78 is 0. The van der Waals surface area contributed by atoms with E-state index in [9.17, 15) is 0 Å². The van der Waals surface area contributed by atoms with Crippen LogP contribution in [0.4, 0.5) is 0 Å². The molecule has 0 fully saturated rings. The number of nitrogens with zero attached hydrogens (tertiary/aromatic N) is 1. The van der Waals surface area contributed by atoms with Gasteiger partial charge in [0.1, 0.15) is 0 Å². The highest BCUT2D eigenvalue weighted by Crippen LogP contribution is 2.27. The fourth-order valence-corrected chi connectivity index (χ4v) is 2.93. The Labute approximate surface area is 116 Å². The van der Waals surface area contributed by atoms with E-state index >= 15 is 0 Å². The highest BCUT2D eigenvalue weighted by Gasteiger charge is 2.25. The lowest BCUT2D eigenvalue weighted by Gasteiger charge is -2.37. The summed E-state index contributed by atoms with van der Waals surface area (Å²) in [7, 11) is 2.27. The first-order valence-electron chi connectivity index (χ1n) is 7.88. The van der Waals surface area contributed by atoms with Gasteiger partial charge in [-0.3, -0.25) is 0 Å². The van der Waals surface area contributed by atoms with Crippen LogP contribution in [-0.4, -0.2) is 37.1 Å². The molecule has 0 aromatic carbocycles. The molecular weight excluding hydrogens is 220 g/mol. The van der Waals surface area contributed by atoms with Crippen LogP contribution in [0.15, 0.2) is 0 Å². The molecule has 0 spiro atoms. The standard InChI is InChI=1S/C16H36N2/c1-8-16(15(6)18(7)13(3)4)14(5)11-10-12-17-9-2/h13-17H,8-12H2,1-7H3. The van der Waals surface area contributed by atoms with Gasteiger partial charge < -0.3 is 10.2 Å². The van der Waals surface area contributed by atoms with Gasteiger partial charge in [0.2, 0.25) is 0 Å². The minimum Gasteiger partial charge on any atom is -0.317 e. The van der Waals surface area contributed by atoms with Gasteiger partial charge in [0.25, 0.3) is 0 Å². The SMILES string of the molecule is CCNCCCC(C)C(CC)C(C)N(C)C(C)C. The van der Waals surface area contributed by atoms with E-state index in [-0.39, 0.29) is 0 Å². The molecule has 2 nitrogen and oxygen atoms in total. The van der Waals surface area contributed by atoms with E-state index in [2.05, 4.69) is 58.8 Å². The molecule has 0 amide bonds. The van der Waals surface area contributed by atoms with Crippen molar-refractivity contribution in [3.8, 4) is 0 Å². The Kier molecular flexibility index (Phi) is 9.76. The van der Waals surface area contributed by atoms with Crippen LogP contribution in [0.25, 0.3) is 0 Å². The Morgan fingerprint density at radius 3 is 2.11 bits per heavy atom. The van der Waals surface area contributed by atoms with Gasteiger partial charge in [-0.25, -0.2) is 0 Å². The number of rotatable bonds is 10. The number of nitrogens with one attached hydrogen (secondary N) is 1. The lowest BCUT2D eigenvalue weighted by molar-refractivity contribution is 0.114. The Morgan fingerprint density at radius 2 is 1.67 bits per heavy atom. The van der Waals surface area contributed by atoms with Crippen molar-refractivity contribution < 1.29 is 0 Å². The molecule has 1 N–H and O–H groups in total. The maximum atomic E-state index is 3.42. The van der Waals surface area contributed by atoms with Crippen molar-refractivity contribution >= 4 is 0 Å². The topological polar surface area (TPSA) is 15.3 Å². The molecule has 0 aliphatic heterocycles. The van der Waals surface area contributed by atoms with Gasteiger partial charge in [-0.15, -0.1) is 0 Å². The van der Waals surface area contributed by atoms with E-state index in [4.69, 9.17) is 0 Å². The Hall–Kier alpha value is -0.0800. The van der Waals surface area contributed by atoms with Crippen LogP contribution in [0.5, 0.6) is 0 Å². The third-order valence-electron chi connectivity index (χ3n) is 4.54. The normalized spacial score (nSPS) is 17.2. The molecule has 0 aliphatic rings. The molecule has 0 heterocycles. The smallest absolute Gasteiger partial charge is 0.00972 e. The van der Waals surface area contributed by atoms with Crippen molar-refractivity contribution in [2.75, 3.05) is 20.1 Å². The lowest BCUT2D eigenvalue weighted by atomic mass is 9.82. The van der Waals surface area contributed by atoms with Gasteiger partial charge in [0, 0.05) is 12.1 Å². The first-order chi connectivity index (χ1) is 8.45. The number of hydrogen-bond acceptors (Lipinski definition) is 2. The number of hydrogen-bond donors (Lipinski definition) is 1. The van der Waals surface area contributed by atoms with Crippen LogP contribution in [0.2, 0.25) is 0 Å². The zero-order chi connectivity index (χ0) is 14.1. The molecule has 3 unspecified atom stereocenters. The first-order valence-corrected chi connectivity index (χ1v) is 7.88. The maximum absolute atomic E-state index is 3.42.